The van der Waals surface area contributed by atoms with E-state index in [9.17, 15) is 19.3 Å². The number of non-ortho nitro benzene ring substituents is 1. The highest BCUT2D eigenvalue weighted by atomic mass is 19.1. The number of piperidine rings is 3. The molecular weight excluding hydrogens is 363 g/mol. The van der Waals surface area contributed by atoms with Gasteiger partial charge in [-0.3, -0.25) is 10.1 Å². The molecule has 1 atom stereocenters. The predicted molar refractivity (Wildman–Crippen MR) is 101 cm³/mol. The van der Waals surface area contributed by atoms with Crippen molar-refractivity contribution in [1.82, 2.24) is 4.90 Å². The molecule has 7 heteroatoms. The van der Waals surface area contributed by atoms with E-state index in [1.807, 2.05) is 0 Å². The van der Waals surface area contributed by atoms with Crippen LogP contribution < -0.4 is 0 Å². The Morgan fingerprint density at radius 1 is 1.14 bits per heavy atom. The summed E-state index contributed by atoms with van der Waals surface area (Å²) in [5, 5.41) is 10.8. The SMILES string of the molecule is O=C(OC1C(=Cc2ccccc2F)N2CCC1CC2)c1ccc([N+](=O)[O-])cc1. The van der Waals surface area contributed by atoms with Gasteiger partial charge in [-0.2, -0.15) is 0 Å². The summed E-state index contributed by atoms with van der Waals surface area (Å²) >= 11 is 0. The van der Waals surface area contributed by atoms with Crippen LogP contribution in [0.5, 0.6) is 0 Å². The Hall–Kier alpha value is -3.22. The van der Waals surface area contributed by atoms with Crippen LogP contribution in [0.1, 0.15) is 28.8 Å². The molecule has 0 N–H and O–H groups in total. The van der Waals surface area contributed by atoms with Crippen molar-refractivity contribution in [2.24, 2.45) is 5.92 Å². The zero-order valence-corrected chi connectivity index (χ0v) is 15.1. The van der Waals surface area contributed by atoms with E-state index < -0.39 is 17.0 Å². The Balaban J connectivity index is 1.60. The molecule has 144 valence electrons. The van der Waals surface area contributed by atoms with Crippen molar-refractivity contribution < 1.29 is 18.8 Å². The first-order valence-corrected chi connectivity index (χ1v) is 9.19. The second-order valence-corrected chi connectivity index (χ2v) is 7.05. The molecule has 2 aromatic carbocycles. The van der Waals surface area contributed by atoms with Crippen molar-refractivity contribution in [3.8, 4) is 0 Å². The first-order chi connectivity index (χ1) is 13.5. The Kier molecular flexibility index (Phi) is 4.81. The molecule has 5 rings (SSSR count). The smallest absolute Gasteiger partial charge is 0.338 e. The molecule has 3 saturated heterocycles. The lowest BCUT2D eigenvalue weighted by Gasteiger charge is -2.47. The number of hydrogen-bond acceptors (Lipinski definition) is 5. The average molecular weight is 382 g/mol. The van der Waals surface area contributed by atoms with E-state index in [1.165, 1.54) is 30.3 Å². The second kappa shape index (κ2) is 7.42. The average Bonchev–Trinajstić information content (AvgIpc) is 2.72. The van der Waals surface area contributed by atoms with Gasteiger partial charge in [0.15, 0.2) is 0 Å². The van der Waals surface area contributed by atoms with Gasteiger partial charge < -0.3 is 9.64 Å². The first-order valence-electron chi connectivity index (χ1n) is 9.19. The quantitative estimate of drug-likeness (QED) is 0.454. The Morgan fingerprint density at radius 3 is 2.46 bits per heavy atom. The van der Waals surface area contributed by atoms with E-state index in [0.29, 0.717) is 5.56 Å². The zero-order valence-electron chi connectivity index (χ0n) is 15.1. The molecule has 3 heterocycles. The van der Waals surface area contributed by atoms with E-state index in [2.05, 4.69) is 4.90 Å². The van der Waals surface area contributed by atoms with Crippen LogP contribution in [0.3, 0.4) is 0 Å². The van der Waals surface area contributed by atoms with E-state index in [4.69, 9.17) is 4.74 Å². The number of ether oxygens (including phenoxy) is 1. The van der Waals surface area contributed by atoms with Crippen molar-refractivity contribution >= 4 is 17.7 Å². The van der Waals surface area contributed by atoms with Crippen molar-refractivity contribution in [3.63, 3.8) is 0 Å². The lowest BCUT2D eigenvalue weighted by atomic mass is 9.82. The monoisotopic (exact) mass is 382 g/mol. The molecule has 0 spiro atoms. The number of carbonyl (C=O) groups is 1. The summed E-state index contributed by atoms with van der Waals surface area (Å²) in [7, 11) is 0. The van der Waals surface area contributed by atoms with Gasteiger partial charge in [0.05, 0.1) is 16.2 Å². The normalized spacial score (nSPS) is 22.3. The minimum absolute atomic E-state index is 0.0838. The number of rotatable bonds is 4. The van der Waals surface area contributed by atoms with Gasteiger partial charge in [-0.1, -0.05) is 18.2 Å². The summed E-state index contributed by atoms with van der Waals surface area (Å²) in [5.41, 5.74) is 1.44. The van der Waals surface area contributed by atoms with Crippen LogP contribution >= 0.6 is 0 Å². The number of hydrogen-bond donors (Lipinski definition) is 0. The molecule has 28 heavy (non-hydrogen) atoms. The van der Waals surface area contributed by atoms with Crippen LogP contribution in [0.4, 0.5) is 10.1 Å². The maximum absolute atomic E-state index is 14.1. The third-order valence-electron chi connectivity index (χ3n) is 5.38. The molecule has 3 aliphatic rings. The van der Waals surface area contributed by atoms with Crippen LogP contribution in [0.25, 0.3) is 6.08 Å². The molecule has 0 aromatic heterocycles. The van der Waals surface area contributed by atoms with Gasteiger partial charge in [0.2, 0.25) is 0 Å². The number of esters is 1. The van der Waals surface area contributed by atoms with Crippen LogP contribution in [0, 0.1) is 21.8 Å². The van der Waals surface area contributed by atoms with Gasteiger partial charge in [-0.25, -0.2) is 9.18 Å². The minimum atomic E-state index is -0.534. The van der Waals surface area contributed by atoms with Crippen LogP contribution in [-0.2, 0) is 4.74 Å². The topological polar surface area (TPSA) is 72.7 Å². The molecule has 2 bridgehead atoms. The molecule has 0 saturated carbocycles. The number of nitro groups is 1. The number of halogens is 1. The van der Waals surface area contributed by atoms with Gasteiger partial charge in [-0.15, -0.1) is 0 Å². The number of nitrogens with zero attached hydrogens (tertiary/aromatic N) is 2. The summed E-state index contributed by atoms with van der Waals surface area (Å²) in [6, 6.07) is 11.8. The molecule has 3 aliphatic heterocycles. The summed E-state index contributed by atoms with van der Waals surface area (Å²) in [4.78, 5) is 25.0. The number of carbonyl (C=O) groups excluding carboxylic acids is 1. The number of nitro benzene ring substituents is 1. The predicted octanol–water partition coefficient (Wildman–Crippen LogP) is 4.03. The third kappa shape index (κ3) is 3.47. The van der Waals surface area contributed by atoms with Crippen molar-refractivity contribution in [3.05, 3.63) is 81.3 Å². The van der Waals surface area contributed by atoms with Crippen molar-refractivity contribution in [1.29, 1.82) is 0 Å². The third-order valence-corrected chi connectivity index (χ3v) is 5.38. The molecule has 2 aromatic rings. The van der Waals surface area contributed by atoms with Crippen molar-refractivity contribution in [2.75, 3.05) is 13.1 Å². The van der Waals surface area contributed by atoms with Crippen molar-refractivity contribution in [2.45, 2.75) is 18.9 Å². The van der Waals surface area contributed by atoms with Crippen LogP contribution in [0.15, 0.2) is 54.2 Å². The summed E-state index contributed by atoms with van der Waals surface area (Å²) < 4.78 is 19.9. The van der Waals surface area contributed by atoms with Gasteiger partial charge >= 0.3 is 5.97 Å². The number of benzene rings is 2. The number of fused-ring (bicyclic) bond motifs is 3. The molecule has 3 fully saturated rings. The fraction of sp³-hybridized carbons (Fsp3) is 0.286. The standard InChI is InChI=1S/C21H19FN2O4/c22-18-4-2-1-3-16(18)13-19-20(14-9-11-23(19)12-10-14)28-21(25)15-5-7-17(8-6-15)24(26)27/h1-8,13-14,20H,9-12H2. The van der Waals surface area contributed by atoms with Gasteiger partial charge in [-0.05, 0) is 37.1 Å². The second-order valence-electron chi connectivity index (χ2n) is 7.05. The fourth-order valence-electron chi connectivity index (χ4n) is 3.87. The van der Waals surface area contributed by atoms with Gasteiger partial charge in [0.25, 0.3) is 5.69 Å². The summed E-state index contributed by atoms with van der Waals surface area (Å²) in [6.07, 6.45) is 3.12. The Bertz CT molecular complexity index is 934. The lowest BCUT2D eigenvalue weighted by Crippen LogP contribution is -2.50. The molecule has 6 nitrogen and oxygen atoms in total. The maximum atomic E-state index is 14.1. The van der Waals surface area contributed by atoms with E-state index in [1.54, 1.807) is 24.3 Å². The minimum Gasteiger partial charge on any atom is -0.452 e. The maximum Gasteiger partial charge on any atom is 0.338 e. The summed E-state index contributed by atoms with van der Waals surface area (Å²) in [6.45, 7) is 1.72. The molecule has 1 unspecified atom stereocenters. The van der Waals surface area contributed by atoms with E-state index in [-0.39, 0.29) is 23.0 Å². The van der Waals surface area contributed by atoms with Gasteiger partial charge in [0.1, 0.15) is 11.9 Å². The van der Waals surface area contributed by atoms with Gasteiger partial charge in [0, 0.05) is 36.7 Å². The first kappa shape index (κ1) is 18.2. The zero-order chi connectivity index (χ0) is 19.7. The molecule has 0 aliphatic carbocycles. The van der Waals surface area contributed by atoms with Crippen LogP contribution in [0.2, 0.25) is 0 Å². The molecular formula is C21H19FN2O4. The van der Waals surface area contributed by atoms with E-state index in [0.717, 1.165) is 31.6 Å². The lowest BCUT2D eigenvalue weighted by molar-refractivity contribution is -0.384. The van der Waals surface area contributed by atoms with E-state index >= 15 is 0 Å². The highest BCUT2D eigenvalue weighted by molar-refractivity contribution is 5.90. The largest absolute Gasteiger partial charge is 0.452 e. The van der Waals surface area contributed by atoms with Crippen LogP contribution in [-0.4, -0.2) is 35.0 Å². The highest BCUT2D eigenvalue weighted by Gasteiger charge is 2.40. The Morgan fingerprint density at radius 2 is 1.82 bits per heavy atom. The summed E-state index contributed by atoms with van der Waals surface area (Å²) in [5.74, 6) is -0.670. The highest BCUT2D eigenvalue weighted by Crippen LogP contribution is 2.38. The molecule has 0 radical (unpaired) electrons. The molecule has 0 amide bonds. The fourth-order valence-corrected chi connectivity index (χ4v) is 3.87. The Labute approximate surface area is 161 Å².